The largest absolute Gasteiger partial charge is 0.317 e. The monoisotopic (exact) mass is 121 g/mol. The van der Waals surface area contributed by atoms with Crippen LogP contribution in [0.2, 0.25) is 0 Å². The van der Waals surface area contributed by atoms with E-state index in [1.807, 2.05) is 0 Å². The number of hydrogen-bond acceptors (Lipinski definition) is 2. The predicted molar refractivity (Wildman–Crippen MR) is 33.2 cm³/mol. The van der Waals surface area contributed by atoms with E-state index in [4.69, 9.17) is 4.57 Å². The van der Waals surface area contributed by atoms with E-state index in [-0.39, 0.29) is 0 Å². The van der Waals surface area contributed by atoms with Gasteiger partial charge in [-0.3, -0.25) is 4.57 Å². The molecule has 0 heterocycles. The fraction of sp³-hybridized carbons (Fsp3) is 1.00. The van der Waals surface area contributed by atoms with Crippen molar-refractivity contribution >= 4 is 9.12 Å². The fourth-order valence-corrected chi connectivity index (χ4v) is 0.250. The summed E-state index contributed by atoms with van der Waals surface area (Å²) in [6.07, 6.45) is 0. The van der Waals surface area contributed by atoms with Crippen LogP contribution in [0.15, 0.2) is 0 Å². The Morgan fingerprint density at radius 1 is 1.29 bits per heavy atom. The first kappa shape index (κ1) is 10.1. The first-order valence-corrected chi connectivity index (χ1v) is 2.73. The Morgan fingerprint density at radius 3 is 1.57 bits per heavy atom. The van der Waals surface area contributed by atoms with Gasteiger partial charge in [0, 0.05) is 0 Å². The second-order valence-electron chi connectivity index (χ2n) is 0.957. The Bertz CT molecular complexity index is 25.7. The summed E-state index contributed by atoms with van der Waals surface area (Å²) in [6, 6.07) is 0. The van der Waals surface area contributed by atoms with Gasteiger partial charge in [-0.1, -0.05) is 13.8 Å². The van der Waals surface area contributed by atoms with Crippen molar-refractivity contribution in [3.8, 4) is 0 Å². The molecule has 0 spiro atoms. The zero-order valence-electron chi connectivity index (χ0n) is 4.82. The molecule has 0 rings (SSSR count). The first-order chi connectivity index (χ1) is 3.41. The number of nitrogens with one attached hydrogen (secondary N) is 1. The van der Waals surface area contributed by atoms with Gasteiger partial charge in [-0.25, -0.2) is 0 Å². The average Bonchev–Trinajstić information content (AvgIpc) is 1.75. The van der Waals surface area contributed by atoms with Crippen LogP contribution in [0.4, 0.5) is 0 Å². The molecule has 7 heavy (non-hydrogen) atoms. The van der Waals surface area contributed by atoms with Crippen LogP contribution in [0, 0.1) is 0 Å². The molecular formula is C4H12NOP. The van der Waals surface area contributed by atoms with Crippen LogP contribution in [-0.2, 0) is 4.57 Å². The Balaban J connectivity index is 0. The normalized spacial score (nSPS) is 6.57. The highest BCUT2D eigenvalue weighted by molar-refractivity contribution is 7.00. The van der Waals surface area contributed by atoms with Crippen LogP contribution < -0.4 is 5.32 Å². The van der Waals surface area contributed by atoms with E-state index in [0.717, 1.165) is 13.1 Å². The molecule has 3 heteroatoms. The highest BCUT2D eigenvalue weighted by Crippen LogP contribution is 1.47. The van der Waals surface area contributed by atoms with Gasteiger partial charge >= 0.3 is 0 Å². The maximum atomic E-state index is 8.06. The van der Waals surface area contributed by atoms with Gasteiger partial charge in [0.05, 0.1) is 0 Å². The van der Waals surface area contributed by atoms with Crippen LogP contribution in [0.3, 0.4) is 0 Å². The molecule has 0 aromatic heterocycles. The van der Waals surface area contributed by atoms with Crippen LogP contribution in [0.5, 0.6) is 0 Å². The topological polar surface area (TPSA) is 29.1 Å². The maximum absolute atomic E-state index is 8.06. The summed E-state index contributed by atoms with van der Waals surface area (Å²) in [5.41, 5.74) is 0. The minimum atomic E-state index is 1.09. The summed E-state index contributed by atoms with van der Waals surface area (Å²) >= 11 is 0. The van der Waals surface area contributed by atoms with Crippen LogP contribution in [-0.4, -0.2) is 13.1 Å². The third-order valence-corrected chi connectivity index (χ3v) is 0.500. The minimum absolute atomic E-state index is 1.09. The van der Waals surface area contributed by atoms with Gasteiger partial charge in [-0.05, 0) is 13.1 Å². The highest BCUT2D eigenvalue weighted by Gasteiger charge is 1.62. The lowest BCUT2D eigenvalue weighted by Crippen LogP contribution is -2.09. The molecule has 0 radical (unpaired) electrons. The molecule has 0 amide bonds. The van der Waals surface area contributed by atoms with E-state index >= 15 is 0 Å². The Kier molecular flexibility index (Phi) is 24.0. The average molecular weight is 121 g/mol. The van der Waals surface area contributed by atoms with Gasteiger partial charge < -0.3 is 5.32 Å². The SMILES string of the molecule is CCNCC.O=P. The summed E-state index contributed by atoms with van der Waals surface area (Å²) in [5, 5.41) is 3.11. The summed E-state index contributed by atoms with van der Waals surface area (Å²) in [5.74, 6) is 0. The molecule has 44 valence electrons. The number of hydrogen-bond donors (Lipinski definition) is 1. The second kappa shape index (κ2) is 16.6. The highest BCUT2D eigenvalue weighted by atomic mass is 31.0. The molecule has 0 fully saturated rings. The molecule has 0 aliphatic rings. The summed E-state index contributed by atoms with van der Waals surface area (Å²) in [7, 11) is 1.72. The van der Waals surface area contributed by atoms with Crippen LogP contribution in [0.1, 0.15) is 13.8 Å². The summed E-state index contributed by atoms with van der Waals surface area (Å²) in [6.45, 7) is 6.39. The fourth-order valence-electron chi connectivity index (χ4n) is 0.250. The van der Waals surface area contributed by atoms with E-state index < -0.39 is 0 Å². The van der Waals surface area contributed by atoms with Crippen molar-refractivity contribution in [2.75, 3.05) is 13.1 Å². The van der Waals surface area contributed by atoms with Gasteiger partial charge in [-0.15, -0.1) is 0 Å². The van der Waals surface area contributed by atoms with Crippen molar-refractivity contribution in [1.82, 2.24) is 5.32 Å². The third kappa shape index (κ3) is 23.5. The standard InChI is InChI=1S/C4H11N.HOP/c1-3-5-4-2;1-2/h5H,3-4H2,1-2H3;2H. The quantitative estimate of drug-likeness (QED) is 0.554. The molecule has 2 nitrogen and oxygen atoms in total. The lowest BCUT2D eigenvalue weighted by molar-refractivity contribution is 0.607. The minimum Gasteiger partial charge on any atom is -0.317 e. The molecule has 0 saturated carbocycles. The van der Waals surface area contributed by atoms with E-state index in [0.29, 0.717) is 0 Å². The summed E-state index contributed by atoms with van der Waals surface area (Å²) in [4.78, 5) is 0. The van der Waals surface area contributed by atoms with Crippen molar-refractivity contribution < 1.29 is 4.57 Å². The van der Waals surface area contributed by atoms with E-state index in [2.05, 4.69) is 19.2 Å². The van der Waals surface area contributed by atoms with Crippen molar-refractivity contribution in [3.05, 3.63) is 0 Å². The molecule has 0 aromatic carbocycles. The lowest BCUT2D eigenvalue weighted by atomic mass is 10.7. The van der Waals surface area contributed by atoms with Crippen molar-refractivity contribution in [1.29, 1.82) is 0 Å². The molecule has 0 aliphatic heterocycles. The van der Waals surface area contributed by atoms with Gasteiger partial charge in [0.2, 0.25) is 0 Å². The Morgan fingerprint density at radius 2 is 1.57 bits per heavy atom. The van der Waals surface area contributed by atoms with Gasteiger partial charge in [0.25, 0.3) is 0 Å². The number of rotatable bonds is 2. The Hall–Kier alpha value is 0.0600. The molecule has 1 N–H and O–H groups in total. The molecule has 0 unspecified atom stereocenters. The first-order valence-electron chi connectivity index (χ1n) is 2.33. The Labute approximate surface area is 46.9 Å². The third-order valence-electron chi connectivity index (χ3n) is 0.500. The smallest absolute Gasteiger partial charge is 0.138 e. The van der Waals surface area contributed by atoms with Crippen LogP contribution in [0.25, 0.3) is 0 Å². The zero-order valence-corrected chi connectivity index (χ0v) is 5.82. The van der Waals surface area contributed by atoms with Crippen molar-refractivity contribution in [3.63, 3.8) is 0 Å². The molecule has 0 atom stereocenters. The summed E-state index contributed by atoms with van der Waals surface area (Å²) < 4.78 is 8.06. The second-order valence-corrected chi connectivity index (χ2v) is 0.957. The predicted octanol–water partition coefficient (Wildman–Crippen LogP) is 1.09. The van der Waals surface area contributed by atoms with Gasteiger partial charge in [-0.2, -0.15) is 0 Å². The zero-order chi connectivity index (χ0) is 6.12. The molecule has 0 bridgehead atoms. The van der Waals surface area contributed by atoms with E-state index in [1.165, 1.54) is 0 Å². The lowest BCUT2D eigenvalue weighted by Gasteiger charge is -1.86. The van der Waals surface area contributed by atoms with Crippen molar-refractivity contribution in [2.24, 2.45) is 0 Å². The molecule has 0 aliphatic carbocycles. The molecular weight excluding hydrogens is 109 g/mol. The maximum Gasteiger partial charge on any atom is 0.138 e. The van der Waals surface area contributed by atoms with Crippen LogP contribution >= 0.6 is 9.12 Å². The van der Waals surface area contributed by atoms with Gasteiger partial charge in [0.15, 0.2) is 0 Å². The molecule has 0 aromatic rings. The van der Waals surface area contributed by atoms with Crippen molar-refractivity contribution in [2.45, 2.75) is 13.8 Å². The van der Waals surface area contributed by atoms with E-state index in [1.54, 1.807) is 9.12 Å². The van der Waals surface area contributed by atoms with E-state index in [9.17, 15) is 0 Å². The molecule has 0 saturated heterocycles. The van der Waals surface area contributed by atoms with Gasteiger partial charge in [0.1, 0.15) is 9.12 Å².